The van der Waals surface area contributed by atoms with E-state index in [1.165, 1.54) is 24.0 Å². The van der Waals surface area contributed by atoms with Gasteiger partial charge in [0.2, 0.25) is 0 Å². The summed E-state index contributed by atoms with van der Waals surface area (Å²) in [5.74, 6) is 1.00. The van der Waals surface area contributed by atoms with Crippen molar-refractivity contribution in [1.29, 1.82) is 0 Å². The second-order valence-electron chi connectivity index (χ2n) is 4.29. The van der Waals surface area contributed by atoms with E-state index in [9.17, 15) is 0 Å². The predicted molar refractivity (Wildman–Crippen MR) is 69.2 cm³/mol. The fourth-order valence-electron chi connectivity index (χ4n) is 2.03. The average Bonchev–Trinajstić information content (AvgIpc) is 2.29. The van der Waals surface area contributed by atoms with Crippen molar-refractivity contribution in [1.82, 2.24) is 5.32 Å². The Morgan fingerprint density at radius 1 is 1.38 bits per heavy atom. The molecule has 1 unspecified atom stereocenters. The van der Waals surface area contributed by atoms with E-state index >= 15 is 0 Å². The highest BCUT2D eigenvalue weighted by atomic mass is 16.5. The third kappa shape index (κ3) is 3.53. The Kier molecular flexibility index (Phi) is 5.33. The molecule has 0 aromatic heterocycles. The molecule has 0 saturated heterocycles. The fourth-order valence-corrected chi connectivity index (χ4v) is 2.03. The van der Waals surface area contributed by atoms with Crippen LogP contribution in [0.1, 0.15) is 30.9 Å². The van der Waals surface area contributed by atoms with Crippen molar-refractivity contribution in [3.63, 3.8) is 0 Å². The minimum Gasteiger partial charge on any atom is -0.496 e. The predicted octanol–water partition coefficient (Wildman–Crippen LogP) is 2.93. The quantitative estimate of drug-likeness (QED) is 0.797. The number of likely N-dealkylation sites (N-methyl/N-ethyl adjacent to an activating group) is 1. The van der Waals surface area contributed by atoms with Crippen molar-refractivity contribution in [2.45, 2.75) is 39.2 Å². The third-order valence-electron chi connectivity index (χ3n) is 2.95. The Balaban J connectivity index is 2.80. The SMILES string of the molecule is CCCC(Cc1cc(C)ccc1OC)NC. The zero-order valence-corrected chi connectivity index (χ0v) is 10.8. The van der Waals surface area contributed by atoms with Crippen molar-refractivity contribution in [2.75, 3.05) is 14.2 Å². The van der Waals surface area contributed by atoms with Crippen LogP contribution in [0.4, 0.5) is 0 Å². The lowest BCUT2D eigenvalue weighted by Gasteiger charge is -2.17. The maximum absolute atomic E-state index is 5.40. The molecule has 0 heterocycles. The summed E-state index contributed by atoms with van der Waals surface area (Å²) in [6.45, 7) is 4.34. The molecular weight excluding hydrogens is 198 g/mol. The molecule has 0 fully saturated rings. The smallest absolute Gasteiger partial charge is 0.122 e. The number of rotatable bonds is 6. The van der Waals surface area contributed by atoms with Crippen LogP contribution >= 0.6 is 0 Å². The summed E-state index contributed by atoms with van der Waals surface area (Å²) in [6, 6.07) is 6.92. The first-order valence-corrected chi connectivity index (χ1v) is 6.02. The number of methoxy groups -OCH3 is 1. The summed E-state index contributed by atoms with van der Waals surface area (Å²) in [5.41, 5.74) is 2.59. The molecule has 0 aliphatic heterocycles. The van der Waals surface area contributed by atoms with Gasteiger partial charge in [0.15, 0.2) is 0 Å². The minimum atomic E-state index is 0.542. The van der Waals surface area contributed by atoms with Gasteiger partial charge in [0.25, 0.3) is 0 Å². The van der Waals surface area contributed by atoms with Gasteiger partial charge in [0, 0.05) is 6.04 Å². The molecule has 1 rings (SSSR count). The minimum absolute atomic E-state index is 0.542. The highest BCUT2D eigenvalue weighted by molar-refractivity contribution is 5.37. The normalized spacial score (nSPS) is 12.5. The van der Waals surface area contributed by atoms with Crippen molar-refractivity contribution in [2.24, 2.45) is 0 Å². The summed E-state index contributed by atoms with van der Waals surface area (Å²) in [4.78, 5) is 0. The maximum Gasteiger partial charge on any atom is 0.122 e. The van der Waals surface area contributed by atoms with E-state index < -0.39 is 0 Å². The maximum atomic E-state index is 5.40. The Hall–Kier alpha value is -1.02. The molecule has 1 aromatic carbocycles. The van der Waals surface area contributed by atoms with Gasteiger partial charge in [-0.25, -0.2) is 0 Å². The Labute approximate surface area is 99.0 Å². The lowest BCUT2D eigenvalue weighted by Crippen LogP contribution is -2.27. The number of aryl methyl sites for hydroxylation is 1. The fraction of sp³-hybridized carbons (Fsp3) is 0.571. The highest BCUT2D eigenvalue weighted by Crippen LogP contribution is 2.21. The van der Waals surface area contributed by atoms with Crippen LogP contribution in [0.15, 0.2) is 18.2 Å². The lowest BCUT2D eigenvalue weighted by atomic mass is 10.00. The number of nitrogens with one attached hydrogen (secondary N) is 1. The van der Waals surface area contributed by atoms with Gasteiger partial charge >= 0.3 is 0 Å². The molecule has 0 bridgehead atoms. The standard InChI is InChI=1S/C14H23NO/c1-5-6-13(15-3)10-12-9-11(2)7-8-14(12)16-4/h7-9,13,15H,5-6,10H2,1-4H3. The monoisotopic (exact) mass is 221 g/mol. The van der Waals surface area contributed by atoms with Gasteiger partial charge in [-0.1, -0.05) is 31.0 Å². The molecule has 16 heavy (non-hydrogen) atoms. The molecule has 90 valence electrons. The van der Waals surface area contributed by atoms with Crippen LogP contribution in [0, 0.1) is 6.92 Å². The van der Waals surface area contributed by atoms with Crippen LogP contribution in [0.2, 0.25) is 0 Å². The molecule has 0 radical (unpaired) electrons. The van der Waals surface area contributed by atoms with Gasteiger partial charge in [0.05, 0.1) is 7.11 Å². The van der Waals surface area contributed by atoms with Gasteiger partial charge in [-0.3, -0.25) is 0 Å². The molecule has 2 heteroatoms. The topological polar surface area (TPSA) is 21.3 Å². The van der Waals surface area contributed by atoms with E-state index in [0.717, 1.165) is 12.2 Å². The number of benzene rings is 1. The molecule has 1 aromatic rings. The molecule has 2 nitrogen and oxygen atoms in total. The van der Waals surface area contributed by atoms with Crippen molar-refractivity contribution >= 4 is 0 Å². The molecular formula is C14H23NO. The van der Waals surface area contributed by atoms with E-state index in [1.54, 1.807) is 7.11 Å². The molecule has 1 atom stereocenters. The lowest BCUT2D eigenvalue weighted by molar-refractivity contribution is 0.404. The van der Waals surface area contributed by atoms with E-state index in [2.05, 4.69) is 37.4 Å². The third-order valence-corrected chi connectivity index (χ3v) is 2.95. The summed E-state index contributed by atoms with van der Waals surface area (Å²) < 4.78 is 5.40. The first kappa shape index (κ1) is 13.0. The van der Waals surface area contributed by atoms with Crippen molar-refractivity contribution < 1.29 is 4.74 Å². The van der Waals surface area contributed by atoms with Gasteiger partial charge in [-0.05, 0) is 38.4 Å². The van der Waals surface area contributed by atoms with Crippen LogP contribution in [0.25, 0.3) is 0 Å². The molecule has 0 saturated carbocycles. The van der Waals surface area contributed by atoms with Gasteiger partial charge < -0.3 is 10.1 Å². The van der Waals surface area contributed by atoms with Crippen LogP contribution in [0.5, 0.6) is 5.75 Å². The Morgan fingerprint density at radius 3 is 2.69 bits per heavy atom. The number of hydrogen-bond acceptors (Lipinski definition) is 2. The van der Waals surface area contributed by atoms with E-state index in [-0.39, 0.29) is 0 Å². The van der Waals surface area contributed by atoms with Crippen molar-refractivity contribution in [3.8, 4) is 5.75 Å². The average molecular weight is 221 g/mol. The van der Waals surface area contributed by atoms with E-state index in [0.29, 0.717) is 6.04 Å². The van der Waals surface area contributed by atoms with E-state index in [4.69, 9.17) is 4.74 Å². The van der Waals surface area contributed by atoms with Crippen LogP contribution in [0.3, 0.4) is 0 Å². The summed E-state index contributed by atoms with van der Waals surface area (Å²) in [5, 5.41) is 3.37. The van der Waals surface area contributed by atoms with Gasteiger partial charge in [-0.2, -0.15) is 0 Å². The number of hydrogen-bond donors (Lipinski definition) is 1. The molecule has 0 spiro atoms. The summed E-state index contributed by atoms with van der Waals surface area (Å²) in [7, 11) is 3.77. The molecule has 0 amide bonds. The first-order valence-electron chi connectivity index (χ1n) is 6.02. The summed E-state index contributed by atoms with van der Waals surface area (Å²) in [6.07, 6.45) is 3.45. The zero-order valence-electron chi connectivity index (χ0n) is 10.8. The van der Waals surface area contributed by atoms with Crippen LogP contribution < -0.4 is 10.1 Å². The summed E-state index contributed by atoms with van der Waals surface area (Å²) >= 11 is 0. The highest BCUT2D eigenvalue weighted by Gasteiger charge is 2.10. The van der Waals surface area contributed by atoms with Crippen LogP contribution in [-0.4, -0.2) is 20.2 Å². The zero-order chi connectivity index (χ0) is 12.0. The van der Waals surface area contributed by atoms with Crippen LogP contribution in [-0.2, 0) is 6.42 Å². The molecule has 0 aliphatic rings. The Bertz CT molecular complexity index is 323. The number of ether oxygens (including phenoxy) is 1. The first-order chi connectivity index (χ1) is 7.71. The van der Waals surface area contributed by atoms with Crippen molar-refractivity contribution in [3.05, 3.63) is 29.3 Å². The largest absolute Gasteiger partial charge is 0.496 e. The second kappa shape index (κ2) is 6.54. The van der Waals surface area contributed by atoms with E-state index in [1.807, 2.05) is 7.05 Å². The van der Waals surface area contributed by atoms with Gasteiger partial charge in [0.1, 0.15) is 5.75 Å². The van der Waals surface area contributed by atoms with Gasteiger partial charge in [-0.15, -0.1) is 0 Å². The Morgan fingerprint density at radius 2 is 2.12 bits per heavy atom. The second-order valence-corrected chi connectivity index (χ2v) is 4.29. The molecule has 1 N–H and O–H groups in total. The molecule has 0 aliphatic carbocycles.